The SMILES string of the molecule is CC1(C)[C@@H](O)CC[C@]2(C)C3C(=O)C=C4[C@@H]5C[C@@](C)(C(=O)O)CC[C@]5(C)C[C@H](O)[C@@]4(C)[C@]3(C)[C@@H](O)C[C@@H]12. The third-order valence-electron chi connectivity index (χ3n) is 13.2. The summed E-state index contributed by atoms with van der Waals surface area (Å²) in [6.45, 7) is 14.3. The highest BCUT2D eigenvalue weighted by molar-refractivity contribution is 5.96. The number of fused-ring (bicyclic) bond motifs is 7. The predicted molar refractivity (Wildman–Crippen MR) is 136 cm³/mol. The van der Waals surface area contributed by atoms with Crippen LogP contribution in [-0.4, -0.2) is 50.5 Å². The number of ketones is 1. The second kappa shape index (κ2) is 7.45. The van der Waals surface area contributed by atoms with E-state index in [4.69, 9.17) is 0 Å². The van der Waals surface area contributed by atoms with Crippen LogP contribution in [-0.2, 0) is 9.59 Å². The van der Waals surface area contributed by atoms with Crippen LogP contribution in [0.4, 0.5) is 0 Å². The molecule has 6 heteroatoms. The number of carbonyl (C=O) groups is 2. The molecule has 0 spiro atoms. The van der Waals surface area contributed by atoms with E-state index in [1.54, 1.807) is 6.08 Å². The minimum absolute atomic E-state index is 0.00228. The molecule has 36 heavy (non-hydrogen) atoms. The molecule has 5 aliphatic rings. The summed E-state index contributed by atoms with van der Waals surface area (Å²) in [6, 6.07) is 0. The Bertz CT molecular complexity index is 1030. The zero-order valence-electron chi connectivity index (χ0n) is 23.1. The first-order valence-electron chi connectivity index (χ1n) is 13.9. The molecule has 4 saturated carbocycles. The summed E-state index contributed by atoms with van der Waals surface area (Å²) in [5, 5.41) is 44.8. The van der Waals surface area contributed by atoms with E-state index in [-0.39, 0.29) is 23.0 Å². The largest absolute Gasteiger partial charge is 0.481 e. The van der Waals surface area contributed by atoms with Gasteiger partial charge in [0.25, 0.3) is 0 Å². The van der Waals surface area contributed by atoms with E-state index >= 15 is 0 Å². The molecule has 5 aliphatic carbocycles. The smallest absolute Gasteiger partial charge is 0.309 e. The van der Waals surface area contributed by atoms with Crippen LogP contribution in [0.3, 0.4) is 0 Å². The second-order valence-corrected chi connectivity index (χ2v) is 15.1. The van der Waals surface area contributed by atoms with Crippen molar-refractivity contribution in [2.75, 3.05) is 0 Å². The molecule has 202 valence electrons. The number of carbonyl (C=O) groups excluding carboxylic acids is 1. The summed E-state index contributed by atoms with van der Waals surface area (Å²) >= 11 is 0. The molecule has 0 bridgehead atoms. The van der Waals surface area contributed by atoms with E-state index in [2.05, 4.69) is 27.7 Å². The summed E-state index contributed by atoms with van der Waals surface area (Å²) in [6.07, 6.45) is 3.74. The van der Waals surface area contributed by atoms with Gasteiger partial charge in [-0.15, -0.1) is 0 Å². The Morgan fingerprint density at radius 2 is 1.53 bits per heavy atom. The molecule has 0 heterocycles. The first-order valence-corrected chi connectivity index (χ1v) is 13.9. The summed E-state index contributed by atoms with van der Waals surface area (Å²) in [4.78, 5) is 26.5. The van der Waals surface area contributed by atoms with E-state index in [1.165, 1.54) is 0 Å². The molecule has 0 aromatic heterocycles. The maximum atomic E-state index is 14.3. The molecule has 5 rings (SSSR count). The summed E-state index contributed by atoms with van der Waals surface area (Å²) in [5.41, 5.74) is -2.89. The van der Waals surface area contributed by atoms with Gasteiger partial charge < -0.3 is 20.4 Å². The number of hydrogen-bond donors (Lipinski definition) is 4. The van der Waals surface area contributed by atoms with Crippen molar-refractivity contribution in [3.63, 3.8) is 0 Å². The molecular weight excluding hydrogens is 456 g/mol. The molecule has 0 aliphatic heterocycles. The van der Waals surface area contributed by atoms with Gasteiger partial charge in [-0.1, -0.05) is 47.1 Å². The number of rotatable bonds is 1. The molecule has 4 fully saturated rings. The summed E-state index contributed by atoms with van der Waals surface area (Å²) < 4.78 is 0. The van der Waals surface area contributed by atoms with Crippen molar-refractivity contribution < 1.29 is 30.0 Å². The Morgan fingerprint density at radius 1 is 0.889 bits per heavy atom. The Kier molecular flexibility index (Phi) is 5.45. The Labute approximate surface area is 215 Å². The Hall–Kier alpha value is -1.24. The Morgan fingerprint density at radius 3 is 2.14 bits per heavy atom. The molecule has 0 saturated heterocycles. The zero-order valence-corrected chi connectivity index (χ0v) is 23.1. The van der Waals surface area contributed by atoms with Crippen LogP contribution < -0.4 is 0 Å². The van der Waals surface area contributed by atoms with Gasteiger partial charge in [0, 0.05) is 16.7 Å². The molecule has 1 unspecified atom stereocenters. The van der Waals surface area contributed by atoms with Gasteiger partial charge >= 0.3 is 5.97 Å². The van der Waals surface area contributed by atoms with Gasteiger partial charge in [0.05, 0.1) is 23.7 Å². The molecule has 4 N–H and O–H groups in total. The first kappa shape index (κ1) is 26.4. The van der Waals surface area contributed by atoms with Crippen molar-refractivity contribution in [1.82, 2.24) is 0 Å². The van der Waals surface area contributed by atoms with E-state index in [0.717, 1.165) is 5.57 Å². The lowest BCUT2D eigenvalue weighted by Gasteiger charge is -2.72. The van der Waals surface area contributed by atoms with E-state index in [1.807, 2.05) is 20.8 Å². The first-order chi connectivity index (χ1) is 16.4. The average Bonchev–Trinajstić information content (AvgIpc) is 2.77. The lowest BCUT2D eigenvalue weighted by Crippen LogP contribution is -2.73. The van der Waals surface area contributed by atoms with E-state index < -0.39 is 57.3 Å². The van der Waals surface area contributed by atoms with Crippen molar-refractivity contribution in [3.8, 4) is 0 Å². The quantitative estimate of drug-likeness (QED) is 0.424. The van der Waals surface area contributed by atoms with Crippen LogP contribution in [0, 0.1) is 50.2 Å². The van der Waals surface area contributed by atoms with Crippen molar-refractivity contribution in [3.05, 3.63) is 11.6 Å². The monoisotopic (exact) mass is 502 g/mol. The van der Waals surface area contributed by atoms with Gasteiger partial charge in [0.1, 0.15) is 0 Å². The number of aliphatic carboxylic acids is 1. The number of aliphatic hydroxyl groups excluding tert-OH is 3. The topological polar surface area (TPSA) is 115 Å². The van der Waals surface area contributed by atoms with Crippen molar-refractivity contribution in [2.24, 2.45) is 50.2 Å². The maximum Gasteiger partial charge on any atom is 0.309 e. The van der Waals surface area contributed by atoms with Crippen molar-refractivity contribution in [1.29, 1.82) is 0 Å². The fourth-order valence-corrected chi connectivity index (χ4v) is 10.4. The number of allylic oxidation sites excluding steroid dienone is 1. The van der Waals surface area contributed by atoms with E-state index in [0.29, 0.717) is 44.9 Å². The third kappa shape index (κ3) is 2.90. The van der Waals surface area contributed by atoms with Crippen LogP contribution in [0.1, 0.15) is 93.4 Å². The normalized spacial score (nSPS) is 55.9. The van der Waals surface area contributed by atoms with Crippen LogP contribution in [0.15, 0.2) is 11.6 Å². The van der Waals surface area contributed by atoms with Gasteiger partial charge in [-0.3, -0.25) is 9.59 Å². The van der Waals surface area contributed by atoms with Crippen LogP contribution in [0.5, 0.6) is 0 Å². The van der Waals surface area contributed by atoms with Gasteiger partial charge in [-0.25, -0.2) is 0 Å². The lowest BCUT2D eigenvalue weighted by molar-refractivity contribution is -0.254. The minimum atomic E-state index is -0.893. The molecule has 0 radical (unpaired) electrons. The number of carboxylic acids is 1. The fourth-order valence-electron chi connectivity index (χ4n) is 10.4. The summed E-state index contributed by atoms with van der Waals surface area (Å²) in [7, 11) is 0. The maximum absolute atomic E-state index is 14.3. The minimum Gasteiger partial charge on any atom is -0.481 e. The Balaban J connectivity index is 1.69. The fraction of sp³-hybridized carbons (Fsp3) is 0.867. The predicted octanol–water partition coefficient (Wildman–Crippen LogP) is 4.35. The number of hydrogen-bond acceptors (Lipinski definition) is 5. The lowest BCUT2D eigenvalue weighted by atomic mass is 9.32. The van der Waals surface area contributed by atoms with Gasteiger partial charge in [-0.05, 0) is 86.0 Å². The highest BCUT2D eigenvalue weighted by Crippen LogP contribution is 2.75. The van der Waals surface area contributed by atoms with Gasteiger partial charge in [0.2, 0.25) is 0 Å². The standard InChI is InChI=1S/C30H46O6/c1-25(2)19-13-21(33)30(7)23(28(19,5)9-8-20(25)32)18(31)12-16-17-14-27(4,24(35)36)11-10-26(17,3)15-22(34)29(16,30)6/h12,17,19-23,32-34H,8-11,13-15H2,1-7H3,(H,35,36)/t17-,19-,20-,21-,22-,23?,26+,27-,28-,29-,30+/m0/s1. The number of aliphatic hydroxyl groups is 3. The van der Waals surface area contributed by atoms with Crippen LogP contribution in [0.25, 0.3) is 0 Å². The van der Waals surface area contributed by atoms with Crippen LogP contribution in [0.2, 0.25) is 0 Å². The van der Waals surface area contributed by atoms with Gasteiger partial charge in [-0.2, -0.15) is 0 Å². The molecule has 11 atom stereocenters. The summed E-state index contributed by atoms with van der Waals surface area (Å²) in [5.74, 6) is -1.44. The zero-order chi connectivity index (χ0) is 26.9. The van der Waals surface area contributed by atoms with Crippen molar-refractivity contribution in [2.45, 2.75) is 112 Å². The molecular formula is C30H46O6. The average molecular weight is 503 g/mol. The van der Waals surface area contributed by atoms with Crippen LogP contribution >= 0.6 is 0 Å². The number of carboxylic acid groups (broad SMARTS) is 1. The highest BCUT2D eigenvalue weighted by Gasteiger charge is 2.74. The molecule has 0 aromatic carbocycles. The molecule has 0 amide bonds. The second-order valence-electron chi connectivity index (χ2n) is 15.1. The van der Waals surface area contributed by atoms with Crippen molar-refractivity contribution >= 4 is 11.8 Å². The molecule has 6 nitrogen and oxygen atoms in total. The van der Waals surface area contributed by atoms with E-state index in [9.17, 15) is 30.0 Å². The third-order valence-corrected chi connectivity index (χ3v) is 13.2. The molecule has 0 aromatic rings. The van der Waals surface area contributed by atoms with Gasteiger partial charge in [0.15, 0.2) is 5.78 Å². The highest BCUT2D eigenvalue weighted by atomic mass is 16.4.